The Kier molecular flexibility index (Phi) is 2.81. The maximum absolute atomic E-state index is 10.2. The van der Waals surface area contributed by atoms with E-state index in [1.807, 2.05) is 20.8 Å². The first kappa shape index (κ1) is 9.40. The van der Waals surface area contributed by atoms with Crippen LogP contribution in [0.5, 0.6) is 0 Å². The van der Waals surface area contributed by atoms with Crippen molar-refractivity contribution in [2.45, 2.75) is 40.2 Å². The standard InChI is InChI=1S/C7H15NO2/c1-6(8(9)10)5-7(2,3)4/h6H,5H2,1-4H3. The zero-order chi connectivity index (χ0) is 8.36. The van der Waals surface area contributed by atoms with Gasteiger partial charge in [0.25, 0.3) is 0 Å². The lowest BCUT2D eigenvalue weighted by atomic mass is 9.89. The molecule has 0 aromatic heterocycles. The fourth-order valence-electron chi connectivity index (χ4n) is 0.961. The molecule has 0 amide bonds. The van der Waals surface area contributed by atoms with Crippen LogP contribution in [-0.2, 0) is 0 Å². The van der Waals surface area contributed by atoms with Crippen LogP contribution in [0.2, 0.25) is 0 Å². The van der Waals surface area contributed by atoms with E-state index in [-0.39, 0.29) is 10.3 Å². The van der Waals surface area contributed by atoms with Gasteiger partial charge >= 0.3 is 0 Å². The van der Waals surface area contributed by atoms with E-state index in [1.54, 1.807) is 6.92 Å². The van der Waals surface area contributed by atoms with Crippen molar-refractivity contribution in [1.82, 2.24) is 0 Å². The fourth-order valence-corrected chi connectivity index (χ4v) is 0.961. The van der Waals surface area contributed by atoms with Crippen molar-refractivity contribution in [3.05, 3.63) is 10.1 Å². The van der Waals surface area contributed by atoms with Crippen molar-refractivity contribution in [3.8, 4) is 0 Å². The van der Waals surface area contributed by atoms with Crippen molar-refractivity contribution < 1.29 is 4.92 Å². The van der Waals surface area contributed by atoms with E-state index in [4.69, 9.17) is 0 Å². The van der Waals surface area contributed by atoms with E-state index in [0.717, 1.165) is 0 Å². The quantitative estimate of drug-likeness (QED) is 0.441. The lowest BCUT2D eigenvalue weighted by Crippen LogP contribution is -2.22. The summed E-state index contributed by atoms with van der Waals surface area (Å²) in [5, 5.41) is 10.2. The summed E-state index contributed by atoms with van der Waals surface area (Å²) in [6.07, 6.45) is 0.639. The summed E-state index contributed by atoms with van der Waals surface area (Å²) in [7, 11) is 0. The highest BCUT2D eigenvalue weighted by atomic mass is 16.6. The highest BCUT2D eigenvalue weighted by Gasteiger charge is 2.21. The molecule has 0 heterocycles. The molecule has 0 spiro atoms. The zero-order valence-electron chi connectivity index (χ0n) is 7.05. The monoisotopic (exact) mass is 145 g/mol. The largest absolute Gasteiger partial charge is 0.264 e. The molecule has 3 heteroatoms. The number of rotatable bonds is 2. The summed E-state index contributed by atoms with van der Waals surface area (Å²) in [6.45, 7) is 7.66. The van der Waals surface area contributed by atoms with Gasteiger partial charge in [-0.05, 0) is 5.41 Å². The van der Waals surface area contributed by atoms with Crippen LogP contribution >= 0.6 is 0 Å². The van der Waals surface area contributed by atoms with Gasteiger partial charge in [0.15, 0.2) is 0 Å². The van der Waals surface area contributed by atoms with Gasteiger partial charge in [-0.25, -0.2) is 0 Å². The van der Waals surface area contributed by atoms with E-state index in [2.05, 4.69) is 0 Å². The fraction of sp³-hybridized carbons (Fsp3) is 1.00. The van der Waals surface area contributed by atoms with Gasteiger partial charge in [-0.2, -0.15) is 0 Å². The average molecular weight is 145 g/mol. The van der Waals surface area contributed by atoms with Gasteiger partial charge in [0.2, 0.25) is 6.04 Å². The molecule has 0 aromatic carbocycles. The summed E-state index contributed by atoms with van der Waals surface area (Å²) in [4.78, 5) is 9.95. The Hall–Kier alpha value is -0.600. The first-order valence-corrected chi connectivity index (χ1v) is 3.46. The molecule has 60 valence electrons. The molecule has 0 saturated carbocycles. The molecular formula is C7H15NO2. The summed E-state index contributed by atoms with van der Waals surface area (Å²) >= 11 is 0. The molecule has 0 aliphatic heterocycles. The van der Waals surface area contributed by atoms with Crippen molar-refractivity contribution in [1.29, 1.82) is 0 Å². The van der Waals surface area contributed by atoms with Crippen molar-refractivity contribution in [2.75, 3.05) is 0 Å². The highest BCUT2D eigenvalue weighted by molar-refractivity contribution is 4.64. The second-order valence-corrected chi connectivity index (χ2v) is 3.90. The molecule has 0 fully saturated rings. The van der Waals surface area contributed by atoms with Crippen LogP contribution in [0.3, 0.4) is 0 Å². The third kappa shape index (κ3) is 4.30. The number of hydrogen-bond donors (Lipinski definition) is 0. The van der Waals surface area contributed by atoms with Crippen molar-refractivity contribution in [3.63, 3.8) is 0 Å². The Morgan fingerprint density at radius 3 is 2.00 bits per heavy atom. The van der Waals surface area contributed by atoms with Crippen molar-refractivity contribution >= 4 is 0 Å². The van der Waals surface area contributed by atoms with Gasteiger partial charge in [0, 0.05) is 18.3 Å². The molecule has 0 rings (SSSR count). The lowest BCUT2D eigenvalue weighted by molar-refractivity contribution is -0.521. The molecule has 0 aromatic rings. The van der Waals surface area contributed by atoms with E-state index in [1.165, 1.54) is 0 Å². The number of nitrogens with zero attached hydrogens (tertiary/aromatic N) is 1. The SMILES string of the molecule is CC(CC(C)(C)C)[N+](=O)[O-]. The van der Waals surface area contributed by atoms with Crippen LogP contribution in [0.15, 0.2) is 0 Å². The molecule has 10 heavy (non-hydrogen) atoms. The molecule has 0 bridgehead atoms. The van der Waals surface area contributed by atoms with Crippen LogP contribution in [0.1, 0.15) is 34.1 Å². The average Bonchev–Trinajstić information content (AvgIpc) is 1.60. The summed E-state index contributed by atoms with van der Waals surface area (Å²) in [5.74, 6) is 0. The van der Waals surface area contributed by atoms with Crippen molar-refractivity contribution in [2.24, 2.45) is 5.41 Å². The Morgan fingerprint density at radius 1 is 1.50 bits per heavy atom. The summed E-state index contributed by atoms with van der Waals surface area (Å²) in [6, 6.07) is -0.417. The Morgan fingerprint density at radius 2 is 1.90 bits per heavy atom. The normalized spacial score (nSPS) is 14.8. The Labute approximate surface area is 61.6 Å². The van der Waals surface area contributed by atoms with Crippen LogP contribution in [0.25, 0.3) is 0 Å². The zero-order valence-corrected chi connectivity index (χ0v) is 7.05. The third-order valence-electron chi connectivity index (χ3n) is 1.27. The van der Waals surface area contributed by atoms with E-state index in [9.17, 15) is 10.1 Å². The molecule has 0 aliphatic rings. The topological polar surface area (TPSA) is 43.1 Å². The molecule has 0 aliphatic carbocycles. The van der Waals surface area contributed by atoms with Gasteiger partial charge in [-0.15, -0.1) is 0 Å². The minimum Gasteiger partial charge on any atom is -0.264 e. The molecule has 1 atom stereocenters. The maximum Gasteiger partial charge on any atom is 0.210 e. The predicted octanol–water partition coefficient (Wildman–Crippen LogP) is 2.09. The van der Waals surface area contributed by atoms with Gasteiger partial charge in [0.05, 0.1) is 0 Å². The lowest BCUT2D eigenvalue weighted by Gasteiger charge is -2.17. The predicted molar refractivity (Wildman–Crippen MR) is 40.5 cm³/mol. The van der Waals surface area contributed by atoms with Crippen LogP contribution in [0, 0.1) is 15.5 Å². The first-order valence-electron chi connectivity index (χ1n) is 3.46. The molecule has 0 N–H and O–H groups in total. The second-order valence-electron chi connectivity index (χ2n) is 3.90. The van der Waals surface area contributed by atoms with Gasteiger partial charge in [0.1, 0.15) is 0 Å². The number of hydrogen-bond acceptors (Lipinski definition) is 2. The Balaban J connectivity index is 3.80. The molecular weight excluding hydrogens is 130 g/mol. The van der Waals surface area contributed by atoms with Crippen LogP contribution in [-0.4, -0.2) is 11.0 Å². The molecule has 3 nitrogen and oxygen atoms in total. The minimum absolute atomic E-state index is 0.0620. The van der Waals surface area contributed by atoms with Gasteiger partial charge in [-0.3, -0.25) is 10.1 Å². The van der Waals surface area contributed by atoms with E-state index < -0.39 is 6.04 Å². The molecule has 1 unspecified atom stereocenters. The first-order chi connectivity index (χ1) is 4.33. The smallest absolute Gasteiger partial charge is 0.210 e. The highest BCUT2D eigenvalue weighted by Crippen LogP contribution is 2.21. The van der Waals surface area contributed by atoms with Gasteiger partial charge < -0.3 is 0 Å². The molecule has 0 radical (unpaired) electrons. The summed E-state index contributed by atoms with van der Waals surface area (Å²) in [5.41, 5.74) is 0.0620. The third-order valence-corrected chi connectivity index (χ3v) is 1.27. The Bertz CT molecular complexity index is 126. The van der Waals surface area contributed by atoms with Crippen LogP contribution in [0.4, 0.5) is 0 Å². The maximum atomic E-state index is 10.2. The number of nitro groups is 1. The minimum atomic E-state index is -0.417. The van der Waals surface area contributed by atoms with E-state index in [0.29, 0.717) is 6.42 Å². The molecule has 0 saturated heterocycles. The van der Waals surface area contributed by atoms with Gasteiger partial charge in [-0.1, -0.05) is 20.8 Å². The van der Waals surface area contributed by atoms with E-state index >= 15 is 0 Å². The second kappa shape index (κ2) is 2.99. The van der Waals surface area contributed by atoms with Crippen LogP contribution < -0.4 is 0 Å². The summed E-state index contributed by atoms with van der Waals surface area (Å²) < 4.78 is 0.